The molecule has 0 aliphatic heterocycles. The molecule has 0 aliphatic rings. The zero-order valence-electron chi connectivity index (χ0n) is 23.6. The number of sulfonamides is 1. The molecule has 16 nitrogen and oxygen atoms in total. The number of hydrogen-bond donors (Lipinski definition) is 2. The van der Waals surface area contributed by atoms with Crippen LogP contribution in [0.1, 0.15) is 6.92 Å². The van der Waals surface area contributed by atoms with Crippen LogP contribution in [0.2, 0.25) is 5.02 Å². The molecule has 0 fully saturated rings. The average molecular weight is 652 g/mol. The van der Waals surface area contributed by atoms with Crippen LogP contribution in [0.5, 0.6) is 5.75 Å². The summed E-state index contributed by atoms with van der Waals surface area (Å²) in [5, 5.41) is 30.3. The highest BCUT2D eigenvalue weighted by Crippen LogP contribution is 2.44. The molecule has 2 heterocycles. The Hall–Kier alpha value is -5.68. The van der Waals surface area contributed by atoms with Crippen molar-refractivity contribution < 1.29 is 27.3 Å². The number of non-ortho nitro benzene ring substituents is 1. The lowest BCUT2D eigenvalue weighted by atomic mass is 10.1. The van der Waals surface area contributed by atoms with Gasteiger partial charge in [0.25, 0.3) is 21.6 Å². The van der Waals surface area contributed by atoms with Crippen LogP contribution in [0.25, 0.3) is 28.5 Å². The number of anilines is 2. The van der Waals surface area contributed by atoms with Crippen LogP contribution >= 0.6 is 11.6 Å². The van der Waals surface area contributed by atoms with Crippen molar-refractivity contribution in [1.82, 2.24) is 20.0 Å². The maximum atomic E-state index is 13.3. The molecule has 2 N–H and O–H groups in total. The van der Waals surface area contributed by atoms with E-state index in [4.69, 9.17) is 26.3 Å². The zero-order valence-corrected chi connectivity index (χ0v) is 25.2. The van der Waals surface area contributed by atoms with Gasteiger partial charge < -0.3 is 14.5 Å². The van der Waals surface area contributed by atoms with E-state index in [-0.39, 0.29) is 50.8 Å². The molecule has 5 aromatic rings. The second kappa shape index (κ2) is 12.1. The molecule has 230 valence electrons. The third-order valence-electron chi connectivity index (χ3n) is 6.39. The van der Waals surface area contributed by atoms with Crippen LogP contribution in [-0.2, 0) is 14.8 Å². The standard InChI is InChI=1S/C27H22ClN9O7S/c1-15(38)30-17-7-10-20(11-8-17)45(41,42)35(2)27-33-32-26(44-27)23-25(43-3)24(36(34-23)18-6-4-5-16(28)13-18)21-12-9-19(37(39)40)14-22(21)31-29/h4-14,29H,1-3H3,(H,30,38). The first-order valence-corrected chi connectivity index (χ1v) is 14.6. The smallest absolute Gasteiger partial charge is 0.332 e. The van der Waals surface area contributed by atoms with Crippen molar-refractivity contribution in [2.24, 2.45) is 5.11 Å². The third-order valence-corrected chi connectivity index (χ3v) is 8.37. The fourth-order valence-electron chi connectivity index (χ4n) is 4.31. The Labute approximate surface area is 259 Å². The molecule has 0 atom stereocenters. The number of nitrogens with zero attached hydrogens (tertiary/aromatic N) is 7. The Kier molecular flexibility index (Phi) is 8.30. The summed E-state index contributed by atoms with van der Waals surface area (Å²) in [5.41, 5.74) is 8.66. The van der Waals surface area contributed by atoms with E-state index in [1.807, 2.05) is 0 Å². The van der Waals surface area contributed by atoms with Crippen LogP contribution < -0.4 is 14.4 Å². The van der Waals surface area contributed by atoms with Crippen molar-refractivity contribution in [3.05, 3.63) is 81.9 Å². The zero-order chi connectivity index (χ0) is 32.5. The summed E-state index contributed by atoms with van der Waals surface area (Å²) in [7, 11) is -1.61. The molecule has 1 amide bonds. The van der Waals surface area contributed by atoms with Gasteiger partial charge in [-0.15, -0.1) is 5.10 Å². The number of benzene rings is 3. The number of nitro groups is 1. The normalized spacial score (nSPS) is 11.2. The van der Waals surface area contributed by atoms with Crippen molar-refractivity contribution in [3.63, 3.8) is 0 Å². The molecule has 45 heavy (non-hydrogen) atoms. The maximum absolute atomic E-state index is 13.3. The number of methoxy groups -OCH3 is 1. The van der Waals surface area contributed by atoms with E-state index >= 15 is 0 Å². The average Bonchev–Trinajstić information content (AvgIpc) is 3.65. The van der Waals surface area contributed by atoms with Crippen LogP contribution in [0.15, 0.2) is 81.2 Å². The lowest BCUT2D eigenvalue weighted by Gasteiger charge is -2.14. The van der Waals surface area contributed by atoms with E-state index in [0.717, 1.165) is 10.4 Å². The number of rotatable bonds is 10. The van der Waals surface area contributed by atoms with Gasteiger partial charge in [0.2, 0.25) is 5.91 Å². The van der Waals surface area contributed by atoms with Gasteiger partial charge in [0.05, 0.1) is 22.6 Å². The Bertz CT molecular complexity index is 2060. The number of nitrogens with one attached hydrogen (secondary N) is 2. The first-order valence-electron chi connectivity index (χ1n) is 12.7. The van der Waals surface area contributed by atoms with Crippen LogP contribution in [0.4, 0.5) is 23.1 Å². The number of halogens is 1. The van der Waals surface area contributed by atoms with Gasteiger partial charge >= 0.3 is 6.01 Å². The highest BCUT2D eigenvalue weighted by Gasteiger charge is 2.31. The summed E-state index contributed by atoms with van der Waals surface area (Å²) in [5.74, 6) is -0.474. The Morgan fingerprint density at radius 2 is 1.89 bits per heavy atom. The molecule has 0 spiro atoms. The quantitative estimate of drug-likeness (QED) is 0.108. The summed E-state index contributed by atoms with van der Waals surface area (Å²) in [6.45, 7) is 1.33. The lowest BCUT2D eigenvalue weighted by molar-refractivity contribution is -0.384. The van der Waals surface area contributed by atoms with E-state index < -0.39 is 21.0 Å². The molecular formula is C27H22ClN9O7S. The first-order chi connectivity index (χ1) is 21.4. The van der Waals surface area contributed by atoms with Crippen molar-refractivity contribution in [1.29, 1.82) is 5.53 Å². The van der Waals surface area contributed by atoms with Crippen LogP contribution in [0.3, 0.4) is 0 Å². The molecule has 2 aromatic heterocycles. The number of aromatic nitrogens is 4. The van der Waals surface area contributed by atoms with E-state index in [1.165, 1.54) is 62.2 Å². The highest BCUT2D eigenvalue weighted by molar-refractivity contribution is 7.92. The fourth-order valence-corrected chi connectivity index (χ4v) is 5.57. The van der Waals surface area contributed by atoms with Crippen LogP contribution in [0, 0.1) is 15.6 Å². The minimum Gasteiger partial charge on any atom is -0.492 e. The Balaban J connectivity index is 1.62. The Morgan fingerprint density at radius 1 is 1.16 bits per heavy atom. The van der Waals surface area contributed by atoms with Gasteiger partial charge in [-0.25, -0.2) is 22.9 Å². The molecule has 3 aromatic carbocycles. The largest absolute Gasteiger partial charge is 0.492 e. The molecule has 0 aliphatic carbocycles. The van der Waals surface area contributed by atoms with Crippen molar-refractivity contribution in [2.75, 3.05) is 23.8 Å². The SMILES string of the molecule is COc1c(-c2nnc(N(C)S(=O)(=O)c3ccc(NC(C)=O)cc3)o2)nn(-c2cccc(Cl)c2)c1-c1ccc([N+](=O)[O-])cc1N=N. The lowest BCUT2D eigenvalue weighted by Crippen LogP contribution is -2.26. The first kappa shape index (κ1) is 30.8. The second-order valence-corrected chi connectivity index (χ2v) is 11.7. The van der Waals surface area contributed by atoms with Gasteiger partial charge in [-0.3, -0.25) is 14.9 Å². The predicted octanol–water partition coefficient (Wildman–Crippen LogP) is 5.61. The van der Waals surface area contributed by atoms with E-state index in [9.17, 15) is 23.3 Å². The highest BCUT2D eigenvalue weighted by atomic mass is 35.5. The molecule has 0 saturated heterocycles. The molecule has 0 bridgehead atoms. The number of amides is 1. The van der Waals surface area contributed by atoms with Crippen LogP contribution in [-0.4, -0.2) is 53.4 Å². The molecule has 0 radical (unpaired) electrons. The summed E-state index contributed by atoms with van der Waals surface area (Å²) in [6.07, 6.45) is 0. The number of hydrogen-bond acceptors (Lipinski definition) is 12. The van der Waals surface area contributed by atoms with E-state index in [1.54, 1.807) is 24.3 Å². The minimum atomic E-state index is -4.17. The van der Waals surface area contributed by atoms with Gasteiger partial charge in [0.1, 0.15) is 11.4 Å². The molecule has 0 unspecified atom stereocenters. The third kappa shape index (κ3) is 5.93. The Morgan fingerprint density at radius 3 is 2.51 bits per heavy atom. The molecule has 0 saturated carbocycles. The molecule has 5 rings (SSSR count). The summed E-state index contributed by atoms with van der Waals surface area (Å²) < 4.78 is 40.3. The molecule has 18 heteroatoms. The summed E-state index contributed by atoms with van der Waals surface area (Å²) >= 11 is 6.25. The number of ether oxygens (including phenoxy) is 1. The van der Waals surface area contributed by atoms with Gasteiger partial charge in [-0.2, -0.15) is 10.2 Å². The monoisotopic (exact) mass is 651 g/mol. The number of carbonyl (C=O) groups is 1. The van der Waals surface area contributed by atoms with Gasteiger partial charge in [-0.05, 0) is 48.5 Å². The fraction of sp³-hybridized carbons (Fsp3) is 0.111. The van der Waals surface area contributed by atoms with Crippen molar-refractivity contribution in [3.8, 4) is 34.3 Å². The topological polar surface area (TPSA) is 212 Å². The van der Waals surface area contributed by atoms with E-state index in [0.29, 0.717) is 16.4 Å². The number of carbonyl (C=O) groups excluding carboxylic acids is 1. The predicted molar refractivity (Wildman–Crippen MR) is 162 cm³/mol. The van der Waals surface area contributed by atoms with Crippen molar-refractivity contribution in [2.45, 2.75) is 11.8 Å². The number of nitro benzene ring substituents is 1. The summed E-state index contributed by atoms with van der Waals surface area (Å²) in [4.78, 5) is 22.0. The van der Waals surface area contributed by atoms with Gasteiger partial charge in [-0.1, -0.05) is 22.8 Å². The van der Waals surface area contributed by atoms with Gasteiger partial charge in [0.15, 0.2) is 11.4 Å². The molecular weight excluding hydrogens is 630 g/mol. The second-order valence-electron chi connectivity index (χ2n) is 9.26. The van der Waals surface area contributed by atoms with Crippen molar-refractivity contribution >= 4 is 50.6 Å². The summed E-state index contributed by atoms with van der Waals surface area (Å²) in [6, 6.07) is 15.5. The maximum Gasteiger partial charge on any atom is 0.332 e. The van der Waals surface area contributed by atoms with E-state index in [2.05, 4.69) is 25.7 Å². The minimum absolute atomic E-state index is 0.00836. The van der Waals surface area contributed by atoms with Gasteiger partial charge in [0, 0.05) is 42.4 Å².